The van der Waals surface area contributed by atoms with E-state index >= 15 is 0 Å². The Morgan fingerprint density at radius 3 is 2.85 bits per heavy atom. The lowest BCUT2D eigenvalue weighted by Crippen LogP contribution is -2.42. The van der Waals surface area contributed by atoms with E-state index in [0.29, 0.717) is 17.5 Å². The summed E-state index contributed by atoms with van der Waals surface area (Å²) in [4.78, 5) is 17.5. The molecule has 3 rings (SSSR count). The third-order valence-electron chi connectivity index (χ3n) is 3.74. The van der Waals surface area contributed by atoms with Gasteiger partial charge in [-0.15, -0.1) is 0 Å². The van der Waals surface area contributed by atoms with Crippen molar-refractivity contribution in [3.63, 3.8) is 0 Å². The number of carbonyl (C=O) groups is 1. The Hall–Kier alpha value is -1.72. The molecule has 2 heterocycles. The van der Waals surface area contributed by atoms with Crippen LogP contribution in [-0.2, 0) is 12.1 Å². The van der Waals surface area contributed by atoms with Gasteiger partial charge in [0.15, 0.2) is 5.72 Å². The van der Waals surface area contributed by atoms with Crippen LogP contribution in [0.1, 0.15) is 21.5 Å². The highest BCUT2D eigenvalue weighted by atomic mass is 79.9. The number of aliphatic hydroxyl groups is 1. The maximum absolute atomic E-state index is 12.2. The number of halogens is 1. The van der Waals surface area contributed by atoms with Gasteiger partial charge in [0.2, 0.25) is 0 Å². The van der Waals surface area contributed by atoms with Gasteiger partial charge < -0.3 is 10.0 Å². The summed E-state index contributed by atoms with van der Waals surface area (Å²) in [5.41, 5.74) is 0.679. The normalized spacial score (nSPS) is 21.1. The van der Waals surface area contributed by atoms with Crippen LogP contribution in [0.2, 0.25) is 0 Å². The molecule has 0 aliphatic carbocycles. The standard InChI is InChI=1S/C15H13BrN2O2/c1-18-14(19)11-9-17-7-6-12(11)15(18,20)8-10-4-2-3-5-13(10)16/h2-7,9,20H,8H2,1H3. The third-order valence-corrected chi connectivity index (χ3v) is 4.51. The first kappa shape index (κ1) is 13.3. The van der Waals surface area contributed by atoms with E-state index in [1.165, 1.54) is 11.1 Å². The van der Waals surface area contributed by atoms with Crippen LogP contribution in [0.5, 0.6) is 0 Å². The summed E-state index contributed by atoms with van der Waals surface area (Å²) in [5, 5.41) is 11.0. The largest absolute Gasteiger partial charge is 0.366 e. The smallest absolute Gasteiger partial charge is 0.258 e. The quantitative estimate of drug-likeness (QED) is 0.918. The topological polar surface area (TPSA) is 53.4 Å². The Morgan fingerprint density at radius 1 is 1.35 bits per heavy atom. The molecule has 0 spiro atoms. The maximum atomic E-state index is 12.2. The van der Waals surface area contributed by atoms with E-state index in [-0.39, 0.29) is 5.91 Å². The van der Waals surface area contributed by atoms with Gasteiger partial charge in [0.05, 0.1) is 5.56 Å². The Kier molecular flexibility index (Phi) is 3.11. The highest BCUT2D eigenvalue weighted by molar-refractivity contribution is 9.10. The molecule has 1 amide bonds. The molecule has 0 saturated heterocycles. The average Bonchev–Trinajstić information content (AvgIpc) is 2.65. The molecule has 5 heteroatoms. The van der Waals surface area contributed by atoms with Crippen LogP contribution < -0.4 is 0 Å². The van der Waals surface area contributed by atoms with Gasteiger partial charge in [-0.2, -0.15) is 0 Å². The number of nitrogens with zero attached hydrogens (tertiary/aromatic N) is 2. The molecule has 1 unspecified atom stereocenters. The molecule has 0 fully saturated rings. The summed E-state index contributed by atoms with van der Waals surface area (Å²) in [6.07, 6.45) is 3.43. The molecule has 20 heavy (non-hydrogen) atoms. The number of benzene rings is 1. The molecule has 0 radical (unpaired) electrons. The van der Waals surface area contributed by atoms with E-state index in [2.05, 4.69) is 20.9 Å². The van der Waals surface area contributed by atoms with Crippen molar-refractivity contribution in [2.45, 2.75) is 12.1 Å². The molecule has 1 aliphatic heterocycles. The number of carbonyl (C=O) groups excluding carboxylic acids is 1. The Labute approximate surface area is 125 Å². The van der Waals surface area contributed by atoms with E-state index in [1.807, 2.05) is 24.3 Å². The fraction of sp³-hybridized carbons (Fsp3) is 0.200. The zero-order valence-electron chi connectivity index (χ0n) is 10.9. The number of fused-ring (bicyclic) bond motifs is 1. The number of pyridine rings is 1. The molecule has 1 N–H and O–H groups in total. The van der Waals surface area contributed by atoms with Crippen LogP contribution in [0.3, 0.4) is 0 Å². The van der Waals surface area contributed by atoms with Crippen LogP contribution in [0.4, 0.5) is 0 Å². The maximum Gasteiger partial charge on any atom is 0.258 e. The van der Waals surface area contributed by atoms with E-state index in [4.69, 9.17) is 0 Å². The van der Waals surface area contributed by atoms with Crippen molar-refractivity contribution in [2.75, 3.05) is 7.05 Å². The predicted octanol–water partition coefficient (Wildman–Crippen LogP) is 2.32. The van der Waals surface area contributed by atoms with Gasteiger partial charge in [-0.05, 0) is 17.7 Å². The van der Waals surface area contributed by atoms with E-state index in [9.17, 15) is 9.90 Å². The summed E-state index contributed by atoms with van der Waals surface area (Å²) < 4.78 is 0.914. The average molecular weight is 333 g/mol. The molecule has 1 aromatic carbocycles. The van der Waals surface area contributed by atoms with Gasteiger partial charge in [0.25, 0.3) is 5.91 Å². The second kappa shape index (κ2) is 4.68. The lowest BCUT2D eigenvalue weighted by atomic mass is 9.95. The monoisotopic (exact) mass is 332 g/mol. The van der Waals surface area contributed by atoms with Crippen LogP contribution >= 0.6 is 15.9 Å². The highest BCUT2D eigenvalue weighted by Gasteiger charge is 2.46. The van der Waals surface area contributed by atoms with Crippen molar-refractivity contribution >= 4 is 21.8 Å². The molecule has 1 aromatic heterocycles. The number of amides is 1. The fourth-order valence-corrected chi connectivity index (χ4v) is 2.99. The van der Waals surface area contributed by atoms with E-state index in [0.717, 1.165) is 10.0 Å². The first-order chi connectivity index (χ1) is 9.54. The van der Waals surface area contributed by atoms with Crippen molar-refractivity contribution in [2.24, 2.45) is 0 Å². The molecular weight excluding hydrogens is 320 g/mol. The summed E-state index contributed by atoms with van der Waals surface area (Å²) in [7, 11) is 1.61. The summed E-state index contributed by atoms with van der Waals surface area (Å²) in [6, 6.07) is 9.38. The van der Waals surface area contributed by atoms with Crippen LogP contribution in [-0.4, -0.2) is 27.9 Å². The molecule has 2 aromatic rings. The second-order valence-corrected chi connectivity index (χ2v) is 5.72. The molecule has 4 nitrogen and oxygen atoms in total. The first-order valence-electron chi connectivity index (χ1n) is 6.22. The number of hydrogen-bond acceptors (Lipinski definition) is 3. The Balaban J connectivity index is 2.08. The van der Waals surface area contributed by atoms with Crippen molar-refractivity contribution < 1.29 is 9.90 Å². The molecule has 0 bridgehead atoms. The van der Waals surface area contributed by atoms with E-state index in [1.54, 1.807) is 19.3 Å². The number of aromatic nitrogens is 1. The Bertz CT molecular complexity index is 689. The molecule has 0 saturated carbocycles. The van der Waals surface area contributed by atoms with Crippen molar-refractivity contribution in [1.82, 2.24) is 9.88 Å². The van der Waals surface area contributed by atoms with E-state index < -0.39 is 5.72 Å². The number of rotatable bonds is 2. The van der Waals surface area contributed by atoms with Gasteiger partial charge in [-0.3, -0.25) is 9.78 Å². The minimum atomic E-state index is -1.33. The molecule has 1 aliphatic rings. The van der Waals surface area contributed by atoms with Crippen LogP contribution in [0.25, 0.3) is 0 Å². The van der Waals surface area contributed by atoms with Gasteiger partial charge >= 0.3 is 0 Å². The lowest BCUT2D eigenvalue weighted by molar-refractivity contribution is -0.0716. The highest BCUT2D eigenvalue weighted by Crippen LogP contribution is 2.39. The van der Waals surface area contributed by atoms with Crippen LogP contribution in [0, 0.1) is 0 Å². The van der Waals surface area contributed by atoms with Gasteiger partial charge in [-0.1, -0.05) is 34.1 Å². The second-order valence-electron chi connectivity index (χ2n) is 4.87. The van der Waals surface area contributed by atoms with Gasteiger partial charge in [-0.25, -0.2) is 0 Å². The SMILES string of the molecule is CN1C(=O)c2cnccc2C1(O)Cc1ccccc1Br. The first-order valence-corrected chi connectivity index (χ1v) is 7.02. The number of hydrogen-bond donors (Lipinski definition) is 1. The zero-order valence-corrected chi connectivity index (χ0v) is 12.5. The zero-order chi connectivity index (χ0) is 14.3. The van der Waals surface area contributed by atoms with Crippen LogP contribution in [0.15, 0.2) is 47.2 Å². The van der Waals surface area contributed by atoms with Crippen molar-refractivity contribution in [1.29, 1.82) is 0 Å². The summed E-state index contributed by atoms with van der Waals surface area (Å²) in [6.45, 7) is 0. The van der Waals surface area contributed by atoms with Crippen molar-refractivity contribution in [3.05, 3.63) is 63.9 Å². The minimum absolute atomic E-state index is 0.206. The third kappa shape index (κ3) is 1.85. The van der Waals surface area contributed by atoms with Gasteiger partial charge in [0.1, 0.15) is 0 Å². The molecular formula is C15H13BrN2O2. The fourth-order valence-electron chi connectivity index (χ4n) is 2.56. The van der Waals surface area contributed by atoms with Crippen molar-refractivity contribution in [3.8, 4) is 0 Å². The Morgan fingerprint density at radius 2 is 2.10 bits per heavy atom. The predicted molar refractivity (Wildman–Crippen MR) is 78.1 cm³/mol. The molecule has 1 atom stereocenters. The lowest BCUT2D eigenvalue weighted by Gasteiger charge is -2.31. The number of likely N-dealkylation sites (N-methyl/N-ethyl adjacent to an activating group) is 1. The summed E-state index contributed by atoms with van der Waals surface area (Å²) in [5.74, 6) is -0.206. The summed E-state index contributed by atoms with van der Waals surface area (Å²) >= 11 is 3.48. The molecule has 102 valence electrons. The van der Waals surface area contributed by atoms with Gasteiger partial charge in [0, 0.05) is 35.9 Å². The minimum Gasteiger partial charge on any atom is -0.366 e.